The fourth-order valence-electron chi connectivity index (χ4n) is 2.00. The van der Waals surface area contributed by atoms with Crippen molar-refractivity contribution in [2.45, 2.75) is 13.3 Å². The Morgan fingerprint density at radius 3 is 2.90 bits per heavy atom. The number of aromatic nitrogens is 2. The van der Waals surface area contributed by atoms with Gasteiger partial charge in [0.2, 0.25) is 0 Å². The maximum Gasteiger partial charge on any atom is 0.263 e. The normalized spacial score (nSPS) is 10.7. The van der Waals surface area contributed by atoms with E-state index in [1.807, 2.05) is 41.4 Å². The summed E-state index contributed by atoms with van der Waals surface area (Å²) in [4.78, 5) is 17.4. The van der Waals surface area contributed by atoms with Crippen LogP contribution < -0.4 is 5.32 Å². The van der Waals surface area contributed by atoms with Crippen molar-refractivity contribution in [2.75, 3.05) is 6.54 Å². The minimum Gasteiger partial charge on any atom is -0.351 e. The van der Waals surface area contributed by atoms with Gasteiger partial charge in [-0.1, -0.05) is 11.3 Å². The van der Waals surface area contributed by atoms with Crippen molar-refractivity contribution >= 4 is 28.6 Å². The predicted octanol–water partition coefficient (Wildman–Crippen LogP) is 3.28. The Balaban J connectivity index is 1.64. The van der Waals surface area contributed by atoms with Crippen LogP contribution in [0.1, 0.15) is 20.9 Å². The summed E-state index contributed by atoms with van der Waals surface area (Å²) in [5.74, 6) is -0.0429. The van der Waals surface area contributed by atoms with Gasteiger partial charge in [-0.3, -0.25) is 4.79 Å². The summed E-state index contributed by atoms with van der Waals surface area (Å²) >= 11 is 3.09. The van der Waals surface area contributed by atoms with Crippen LogP contribution in [0.3, 0.4) is 0 Å². The molecule has 0 fully saturated rings. The summed E-state index contributed by atoms with van der Waals surface area (Å²) in [5.41, 5.74) is 2.03. The number of nitrogens with zero attached hydrogens (tertiary/aromatic N) is 2. The van der Waals surface area contributed by atoms with Gasteiger partial charge in [0.25, 0.3) is 5.91 Å². The van der Waals surface area contributed by atoms with E-state index < -0.39 is 0 Å². The van der Waals surface area contributed by atoms with Crippen LogP contribution in [0.25, 0.3) is 5.13 Å². The Morgan fingerprint density at radius 2 is 2.19 bits per heavy atom. The molecule has 0 saturated heterocycles. The largest absolute Gasteiger partial charge is 0.351 e. The molecule has 0 unspecified atom stereocenters. The Kier molecular flexibility index (Phi) is 4.17. The molecule has 3 rings (SSSR count). The van der Waals surface area contributed by atoms with Crippen molar-refractivity contribution in [2.24, 2.45) is 0 Å². The fraction of sp³-hybridized carbons (Fsp3) is 0.200. The van der Waals surface area contributed by atoms with Crippen molar-refractivity contribution in [3.8, 4) is 5.13 Å². The van der Waals surface area contributed by atoms with Gasteiger partial charge in [0, 0.05) is 18.9 Å². The lowest BCUT2D eigenvalue weighted by Crippen LogP contribution is -2.25. The number of amides is 1. The lowest BCUT2D eigenvalue weighted by molar-refractivity contribution is 0.0957. The molecule has 0 atom stereocenters. The van der Waals surface area contributed by atoms with Crippen LogP contribution in [0.5, 0.6) is 0 Å². The topological polar surface area (TPSA) is 46.9 Å². The van der Waals surface area contributed by atoms with Gasteiger partial charge in [-0.2, -0.15) is 11.3 Å². The van der Waals surface area contributed by atoms with Crippen LogP contribution in [0, 0.1) is 6.92 Å². The first-order valence-electron chi connectivity index (χ1n) is 6.64. The van der Waals surface area contributed by atoms with Crippen LogP contribution in [0.15, 0.2) is 41.4 Å². The van der Waals surface area contributed by atoms with E-state index in [0.717, 1.165) is 17.2 Å². The van der Waals surface area contributed by atoms with Gasteiger partial charge in [-0.05, 0) is 47.9 Å². The summed E-state index contributed by atoms with van der Waals surface area (Å²) in [6.45, 7) is 2.52. The molecule has 0 saturated carbocycles. The van der Waals surface area contributed by atoms with E-state index in [-0.39, 0.29) is 5.91 Å². The average Bonchev–Trinajstić information content (AvgIpc) is 3.19. The minimum absolute atomic E-state index is 0.0429. The summed E-state index contributed by atoms with van der Waals surface area (Å²) < 4.78 is 1.92. The molecular weight excluding hydrogens is 302 g/mol. The summed E-state index contributed by atoms with van der Waals surface area (Å²) in [7, 11) is 0. The van der Waals surface area contributed by atoms with E-state index >= 15 is 0 Å². The van der Waals surface area contributed by atoms with Gasteiger partial charge in [-0.25, -0.2) is 4.98 Å². The summed E-state index contributed by atoms with van der Waals surface area (Å²) in [5, 5.41) is 7.94. The van der Waals surface area contributed by atoms with Gasteiger partial charge >= 0.3 is 0 Å². The molecule has 0 radical (unpaired) electrons. The number of rotatable bonds is 5. The molecule has 3 aromatic rings. The van der Waals surface area contributed by atoms with Crippen LogP contribution >= 0.6 is 22.7 Å². The third kappa shape index (κ3) is 3.22. The highest BCUT2D eigenvalue weighted by molar-refractivity contribution is 7.16. The lowest BCUT2D eigenvalue weighted by atomic mass is 10.2. The minimum atomic E-state index is -0.0429. The van der Waals surface area contributed by atoms with Gasteiger partial charge in [0.1, 0.15) is 4.88 Å². The monoisotopic (exact) mass is 317 g/mol. The van der Waals surface area contributed by atoms with E-state index in [9.17, 15) is 4.79 Å². The second-order valence-electron chi connectivity index (χ2n) is 4.64. The molecule has 0 aromatic carbocycles. The standard InChI is InChI=1S/C15H15N3OS2/c1-11-13(21-15(17-11)18-7-2-3-8-18)14(19)16-6-4-12-5-9-20-10-12/h2-3,5,7-10H,4,6H2,1H3,(H,16,19). The lowest BCUT2D eigenvalue weighted by Gasteiger charge is -2.02. The van der Waals surface area contributed by atoms with E-state index in [1.54, 1.807) is 11.3 Å². The van der Waals surface area contributed by atoms with Gasteiger partial charge in [0.05, 0.1) is 5.69 Å². The smallest absolute Gasteiger partial charge is 0.263 e. The van der Waals surface area contributed by atoms with Crippen LogP contribution in [0.4, 0.5) is 0 Å². The second kappa shape index (κ2) is 6.24. The number of hydrogen-bond acceptors (Lipinski definition) is 4. The quantitative estimate of drug-likeness (QED) is 0.785. The van der Waals surface area contributed by atoms with E-state index in [2.05, 4.69) is 21.7 Å². The van der Waals surface area contributed by atoms with Crippen molar-refractivity contribution in [1.29, 1.82) is 0 Å². The first kappa shape index (κ1) is 14.0. The highest BCUT2D eigenvalue weighted by Gasteiger charge is 2.15. The average molecular weight is 317 g/mol. The molecule has 0 aliphatic rings. The number of aryl methyl sites for hydroxylation is 1. The fourth-order valence-corrected chi connectivity index (χ4v) is 3.65. The van der Waals surface area contributed by atoms with Crippen molar-refractivity contribution in [3.63, 3.8) is 0 Å². The number of carbonyl (C=O) groups excluding carboxylic acids is 1. The highest BCUT2D eigenvalue weighted by Crippen LogP contribution is 2.21. The SMILES string of the molecule is Cc1nc(-n2cccc2)sc1C(=O)NCCc1ccsc1. The summed E-state index contributed by atoms with van der Waals surface area (Å²) in [6, 6.07) is 5.97. The zero-order valence-corrected chi connectivity index (χ0v) is 13.2. The Bertz CT molecular complexity index is 714. The third-order valence-electron chi connectivity index (χ3n) is 3.10. The maximum absolute atomic E-state index is 12.2. The molecule has 0 bridgehead atoms. The number of thiazole rings is 1. The molecule has 0 aliphatic heterocycles. The number of nitrogens with one attached hydrogen (secondary N) is 1. The molecule has 3 aromatic heterocycles. The molecule has 21 heavy (non-hydrogen) atoms. The third-order valence-corrected chi connectivity index (χ3v) is 5.00. The van der Waals surface area contributed by atoms with Crippen molar-refractivity contribution in [1.82, 2.24) is 14.9 Å². The van der Waals surface area contributed by atoms with E-state index in [4.69, 9.17) is 0 Å². The molecule has 4 nitrogen and oxygen atoms in total. The highest BCUT2D eigenvalue weighted by atomic mass is 32.1. The van der Waals surface area contributed by atoms with Gasteiger partial charge in [0.15, 0.2) is 5.13 Å². The zero-order valence-electron chi connectivity index (χ0n) is 11.6. The molecule has 108 valence electrons. The van der Waals surface area contributed by atoms with Crippen LogP contribution in [-0.2, 0) is 6.42 Å². The molecule has 0 spiro atoms. The van der Waals surface area contributed by atoms with E-state index in [0.29, 0.717) is 11.4 Å². The molecular formula is C15H15N3OS2. The van der Waals surface area contributed by atoms with Crippen LogP contribution in [0.2, 0.25) is 0 Å². The Morgan fingerprint density at radius 1 is 1.38 bits per heavy atom. The predicted molar refractivity (Wildman–Crippen MR) is 86.5 cm³/mol. The zero-order chi connectivity index (χ0) is 14.7. The molecule has 0 aliphatic carbocycles. The molecule has 3 heterocycles. The maximum atomic E-state index is 12.2. The number of carbonyl (C=O) groups is 1. The van der Waals surface area contributed by atoms with Crippen molar-refractivity contribution < 1.29 is 4.79 Å². The second-order valence-corrected chi connectivity index (χ2v) is 6.40. The molecule has 1 N–H and O–H groups in total. The molecule has 6 heteroatoms. The molecule has 1 amide bonds. The van der Waals surface area contributed by atoms with Gasteiger partial charge in [-0.15, -0.1) is 0 Å². The van der Waals surface area contributed by atoms with Crippen LogP contribution in [-0.4, -0.2) is 22.0 Å². The summed E-state index contributed by atoms with van der Waals surface area (Å²) in [6.07, 6.45) is 4.71. The first-order valence-corrected chi connectivity index (χ1v) is 8.40. The van der Waals surface area contributed by atoms with Crippen molar-refractivity contribution in [3.05, 3.63) is 57.5 Å². The first-order chi connectivity index (χ1) is 10.2. The van der Waals surface area contributed by atoms with Gasteiger partial charge < -0.3 is 9.88 Å². The Hall–Kier alpha value is -1.92. The number of hydrogen-bond donors (Lipinski definition) is 1. The number of thiophene rings is 1. The Labute approximate surface area is 131 Å². The van der Waals surface area contributed by atoms with E-state index in [1.165, 1.54) is 16.9 Å².